The molecule has 0 bridgehead atoms. The Labute approximate surface area is 167 Å². The molecule has 1 unspecified atom stereocenters. The molecule has 0 aromatic rings. The zero-order chi connectivity index (χ0) is 20.0. The molecule has 0 aliphatic carbocycles. The lowest BCUT2D eigenvalue weighted by Crippen LogP contribution is -2.54. The van der Waals surface area contributed by atoms with Crippen molar-refractivity contribution >= 4 is 0 Å². The lowest BCUT2D eigenvalue weighted by atomic mass is 9.84. The molecule has 0 radical (unpaired) electrons. The lowest BCUT2D eigenvalue weighted by molar-refractivity contribution is -0.418. The maximum Gasteiger partial charge on any atom is 0.310 e. The van der Waals surface area contributed by atoms with Crippen LogP contribution in [0.3, 0.4) is 0 Å². The summed E-state index contributed by atoms with van der Waals surface area (Å²) in [6.07, 6.45) is 9.20. The molecule has 1 saturated heterocycles. The number of hydrogen-bond acceptors (Lipinski definition) is 5. The minimum atomic E-state index is -1.11. The Kier molecular flexibility index (Phi) is 12.8. The first kappa shape index (κ1) is 24.8. The summed E-state index contributed by atoms with van der Waals surface area (Å²) < 4.78 is 29.9. The Morgan fingerprint density at radius 2 is 1.37 bits per heavy atom. The van der Waals surface area contributed by atoms with E-state index in [9.17, 15) is 0 Å². The number of ether oxygens (including phenoxy) is 5. The fourth-order valence-electron chi connectivity index (χ4n) is 3.54. The van der Waals surface area contributed by atoms with Gasteiger partial charge in [0.1, 0.15) is 6.10 Å². The molecule has 27 heavy (non-hydrogen) atoms. The quantitative estimate of drug-likeness (QED) is 0.235. The van der Waals surface area contributed by atoms with Crippen molar-refractivity contribution in [2.24, 2.45) is 5.41 Å². The molecular weight excluding hydrogens is 344 g/mol. The van der Waals surface area contributed by atoms with Gasteiger partial charge in [-0.15, -0.1) is 0 Å². The van der Waals surface area contributed by atoms with Crippen molar-refractivity contribution in [1.29, 1.82) is 0 Å². The molecule has 5 nitrogen and oxygen atoms in total. The number of unbranched alkanes of at least 4 members (excludes halogenated alkanes) is 5. The third-order valence-electron chi connectivity index (χ3n) is 5.41. The van der Waals surface area contributed by atoms with Crippen LogP contribution in [0, 0.1) is 5.41 Å². The summed E-state index contributed by atoms with van der Waals surface area (Å²) in [7, 11) is 0. The lowest BCUT2D eigenvalue weighted by Gasteiger charge is -2.44. The van der Waals surface area contributed by atoms with Crippen LogP contribution in [-0.4, -0.2) is 51.7 Å². The van der Waals surface area contributed by atoms with Crippen LogP contribution < -0.4 is 0 Å². The second kappa shape index (κ2) is 13.9. The Morgan fingerprint density at radius 3 is 1.81 bits per heavy atom. The summed E-state index contributed by atoms with van der Waals surface area (Å²) in [6, 6.07) is 0. The van der Waals surface area contributed by atoms with Gasteiger partial charge in [-0.1, -0.05) is 52.4 Å². The van der Waals surface area contributed by atoms with Crippen LogP contribution in [0.25, 0.3) is 0 Å². The molecule has 0 amide bonds. The molecule has 5 heteroatoms. The number of hydrogen-bond donors (Lipinski definition) is 0. The monoisotopic (exact) mass is 388 g/mol. The van der Waals surface area contributed by atoms with E-state index in [1.807, 2.05) is 20.8 Å². The fourth-order valence-corrected chi connectivity index (χ4v) is 3.54. The van der Waals surface area contributed by atoms with Crippen LogP contribution in [0.1, 0.15) is 86.0 Å². The van der Waals surface area contributed by atoms with Gasteiger partial charge in [-0.25, -0.2) is 0 Å². The first-order valence-corrected chi connectivity index (χ1v) is 11.2. The Hall–Kier alpha value is -0.200. The van der Waals surface area contributed by atoms with Crippen LogP contribution in [-0.2, 0) is 23.7 Å². The first-order chi connectivity index (χ1) is 13.1. The fraction of sp³-hybridized carbons (Fsp3) is 1.00. The van der Waals surface area contributed by atoms with E-state index < -0.39 is 5.97 Å². The molecule has 1 aliphatic heterocycles. The van der Waals surface area contributed by atoms with Crippen molar-refractivity contribution in [2.75, 3.05) is 39.6 Å². The largest absolute Gasteiger partial charge is 0.380 e. The molecule has 0 aromatic heterocycles. The van der Waals surface area contributed by atoms with Crippen molar-refractivity contribution in [2.45, 2.75) is 98.1 Å². The molecule has 1 atom stereocenters. The van der Waals surface area contributed by atoms with Crippen molar-refractivity contribution in [3.05, 3.63) is 0 Å². The summed E-state index contributed by atoms with van der Waals surface area (Å²) in [4.78, 5) is 0. The topological polar surface area (TPSA) is 46.2 Å². The van der Waals surface area contributed by atoms with Gasteiger partial charge in [0.05, 0.1) is 19.8 Å². The minimum Gasteiger partial charge on any atom is -0.380 e. The van der Waals surface area contributed by atoms with Gasteiger partial charge in [0.15, 0.2) is 0 Å². The van der Waals surface area contributed by atoms with E-state index in [0.717, 1.165) is 32.5 Å². The van der Waals surface area contributed by atoms with E-state index in [4.69, 9.17) is 23.7 Å². The van der Waals surface area contributed by atoms with E-state index >= 15 is 0 Å². The van der Waals surface area contributed by atoms with Crippen LogP contribution in [0.5, 0.6) is 0 Å². The van der Waals surface area contributed by atoms with Gasteiger partial charge in [-0.05, 0) is 33.6 Å². The highest BCUT2D eigenvalue weighted by atomic mass is 16.9. The second-order valence-electron chi connectivity index (χ2n) is 7.61. The molecule has 0 saturated carbocycles. The third-order valence-corrected chi connectivity index (χ3v) is 5.41. The van der Waals surface area contributed by atoms with Crippen molar-refractivity contribution in [3.63, 3.8) is 0 Å². The highest BCUT2D eigenvalue weighted by Crippen LogP contribution is 2.35. The van der Waals surface area contributed by atoms with Crippen LogP contribution in [0.15, 0.2) is 0 Å². The maximum atomic E-state index is 6.44. The molecule has 0 aromatic carbocycles. The summed E-state index contributed by atoms with van der Waals surface area (Å²) in [5, 5.41) is 0. The average molecular weight is 389 g/mol. The standard InChI is InChI=1S/C22H44O5/c1-6-11-12-13-14-15-16-20(24-19-21(7-2)17-23-18-21)22(25-8-3,26-9-4)27-10-5/h20H,6-19H2,1-5H3. The summed E-state index contributed by atoms with van der Waals surface area (Å²) >= 11 is 0. The van der Waals surface area contributed by atoms with Gasteiger partial charge in [-0.2, -0.15) is 0 Å². The molecule has 1 fully saturated rings. The zero-order valence-electron chi connectivity index (χ0n) is 18.5. The van der Waals surface area contributed by atoms with E-state index in [2.05, 4.69) is 13.8 Å². The average Bonchev–Trinajstić information content (AvgIpc) is 2.62. The Balaban J connectivity index is 2.74. The molecule has 1 aliphatic rings. The predicted molar refractivity (Wildman–Crippen MR) is 109 cm³/mol. The Morgan fingerprint density at radius 1 is 0.815 bits per heavy atom. The second-order valence-corrected chi connectivity index (χ2v) is 7.61. The SMILES string of the molecule is CCCCCCCCC(OCC1(CC)COC1)C(OCC)(OCC)OCC. The van der Waals surface area contributed by atoms with Crippen molar-refractivity contribution < 1.29 is 23.7 Å². The van der Waals surface area contributed by atoms with Crippen LogP contribution in [0.4, 0.5) is 0 Å². The van der Waals surface area contributed by atoms with Gasteiger partial charge in [0.25, 0.3) is 0 Å². The summed E-state index contributed by atoms with van der Waals surface area (Å²) in [5.74, 6) is -1.11. The normalized spacial score (nSPS) is 17.7. The van der Waals surface area contributed by atoms with E-state index in [1.165, 1.54) is 32.1 Å². The zero-order valence-corrected chi connectivity index (χ0v) is 18.5. The number of rotatable bonds is 18. The summed E-state index contributed by atoms with van der Waals surface area (Å²) in [6.45, 7) is 14.2. The molecule has 1 heterocycles. The third kappa shape index (κ3) is 7.98. The minimum absolute atomic E-state index is 0.135. The predicted octanol–water partition coefficient (Wildman–Crippen LogP) is 5.31. The van der Waals surface area contributed by atoms with Gasteiger partial charge in [0.2, 0.25) is 0 Å². The van der Waals surface area contributed by atoms with E-state index in [1.54, 1.807) is 0 Å². The van der Waals surface area contributed by atoms with Crippen molar-refractivity contribution in [3.8, 4) is 0 Å². The van der Waals surface area contributed by atoms with Gasteiger partial charge < -0.3 is 23.7 Å². The molecule has 162 valence electrons. The highest BCUT2D eigenvalue weighted by molar-refractivity contribution is 4.85. The molecule has 0 N–H and O–H groups in total. The van der Waals surface area contributed by atoms with Crippen LogP contribution in [0.2, 0.25) is 0 Å². The van der Waals surface area contributed by atoms with Crippen molar-refractivity contribution in [1.82, 2.24) is 0 Å². The van der Waals surface area contributed by atoms with E-state index in [-0.39, 0.29) is 11.5 Å². The Bertz CT molecular complexity index is 334. The maximum absolute atomic E-state index is 6.44. The molecule has 0 spiro atoms. The highest BCUT2D eigenvalue weighted by Gasteiger charge is 2.45. The van der Waals surface area contributed by atoms with Gasteiger partial charge in [0, 0.05) is 25.2 Å². The van der Waals surface area contributed by atoms with Gasteiger partial charge in [-0.3, -0.25) is 0 Å². The summed E-state index contributed by atoms with van der Waals surface area (Å²) in [5.41, 5.74) is 0.135. The smallest absolute Gasteiger partial charge is 0.310 e. The van der Waals surface area contributed by atoms with E-state index in [0.29, 0.717) is 26.4 Å². The first-order valence-electron chi connectivity index (χ1n) is 11.2. The van der Waals surface area contributed by atoms with Crippen LogP contribution >= 0.6 is 0 Å². The van der Waals surface area contributed by atoms with Gasteiger partial charge >= 0.3 is 5.97 Å². The molecule has 1 rings (SSSR count). The molecular formula is C22H44O5.